The SMILES string of the molecule is C=Cc1c(C)cc(C)cc1C.C=Cc1ccccc1. The number of aryl methyl sites for hydroxylation is 3. The van der Waals surface area contributed by atoms with Crippen molar-refractivity contribution >= 4 is 12.2 Å². The molecular formula is C19H22. The molecule has 0 heteroatoms. The van der Waals surface area contributed by atoms with Crippen molar-refractivity contribution in [3.63, 3.8) is 0 Å². The molecule has 0 unspecified atom stereocenters. The summed E-state index contributed by atoms with van der Waals surface area (Å²) in [6, 6.07) is 14.4. The highest BCUT2D eigenvalue weighted by Gasteiger charge is 1.97. The van der Waals surface area contributed by atoms with Crippen LogP contribution in [0, 0.1) is 20.8 Å². The molecule has 0 aliphatic carbocycles. The predicted molar refractivity (Wildman–Crippen MR) is 87.3 cm³/mol. The van der Waals surface area contributed by atoms with Crippen LogP contribution in [-0.2, 0) is 0 Å². The van der Waals surface area contributed by atoms with Gasteiger partial charge in [-0.25, -0.2) is 0 Å². The van der Waals surface area contributed by atoms with Gasteiger partial charge in [-0.1, -0.05) is 73.3 Å². The molecule has 0 spiro atoms. The Kier molecular flexibility index (Phi) is 5.81. The molecule has 0 bridgehead atoms. The quantitative estimate of drug-likeness (QED) is 0.652. The summed E-state index contributed by atoms with van der Waals surface area (Å²) in [6.07, 6.45) is 3.75. The molecule has 0 fully saturated rings. The number of hydrogen-bond acceptors (Lipinski definition) is 0. The van der Waals surface area contributed by atoms with Crippen molar-refractivity contribution in [3.8, 4) is 0 Å². The summed E-state index contributed by atoms with van der Waals surface area (Å²) in [4.78, 5) is 0. The van der Waals surface area contributed by atoms with Crippen LogP contribution >= 0.6 is 0 Å². The van der Waals surface area contributed by atoms with Crippen LogP contribution in [0.1, 0.15) is 27.8 Å². The first-order chi connectivity index (χ1) is 9.08. The van der Waals surface area contributed by atoms with E-state index in [1.807, 2.05) is 42.5 Å². The Labute approximate surface area is 117 Å². The minimum Gasteiger partial charge on any atom is -0.0985 e. The zero-order valence-electron chi connectivity index (χ0n) is 12.1. The molecule has 0 aliphatic heterocycles. The van der Waals surface area contributed by atoms with Gasteiger partial charge >= 0.3 is 0 Å². The van der Waals surface area contributed by atoms with Gasteiger partial charge in [0.25, 0.3) is 0 Å². The zero-order chi connectivity index (χ0) is 14.3. The Balaban J connectivity index is 0.000000200. The normalized spacial score (nSPS) is 9.21. The fraction of sp³-hybridized carbons (Fsp3) is 0.158. The lowest BCUT2D eigenvalue weighted by Gasteiger charge is -2.05. The Morgan fingerprint density at radius 1 is 0.789 bits per heavy atom. The lowest BCUT2D eigenvalue weighted by Crippen LogP contribution is -1.87. The second kappa shape index (κ2) is 7.38. The van der Waals surface area contributed by atoms with Gasteiger partial charge in [0.05, 0.1) is 0 Å². The molecular weight excluding hydrogens is 228 g/mol. The van der Waals surface area contributed by atoms with Crippen molar-refractivity contribution < 1.29 is 0 Å². The molecule has 0 radical (unpaired) electrons. The van der Waals surface area contributed by atoms with Gasteiger partial charge in [-0.3, -0.25) is 0 Å². The fourth-order valence-corrected chi connectivity index (χ4v) is 2.10. The van der Waals surface area contributed by atoms with Crippen LogP contribution in [0.2, 0.25) is 0 Å². The third kappa shape index (κ3) is 4.59. The molecule has 0 saturated carbocycles. The summed E-state index contributed by atoms with van der Waals surface area (Å²) in [7, 11) is 0. The van der Waals surface area contributed by atoms with Gasteiger partial charge in [0.1, 0.15) is 0 Å². The highest BCUT2D eigenvalue weighted by molar-refractivity contribution is 5.56. The predicted octanol–water partition coefficient (Wildman–Crippen LogP) is 5.58. The van der Waals surface area contributed by atoms with Gasteiger partial charge in [0.2, 0.25) is 0 Å². The van der Waals surface area contributed by atoms with Gasteiger partial charge in [0, 0.05) is 0 Å². The lowest BCUT2D eigenvalue weighted by molar-refractivity contribution is 1.30. The average Bonchev–Trinajstić information content (AvgIpc) is 2.40. The molecule has 98 valence electrons. The van der Waals surface area contributed by atoms with E-state index in [0.717, 1.165) is 0 Å². The molecule has 0 amide bonds. The standard InChI is InChI=1S/C11H14.C8H8/c1-5-11-9(3)6-8(2)7-10(11)4;1-2-8-6-4-3-5-7-8/h5-7H,1H2,2-4H3;2-7H,1H2. The van der Waals surface area contributed by atoms with E-state index in [0.29, 0.717) is 0 Å². The lowest BCUT2D eigenvalue weighted by atomic mass is 10.0. The summed E-state index contributed by atoms with van der Waals surface area (Å²) >= 11 is 0. The summed E-state index contributed by atoms with van der Waals surface area (Å²) < 4.78 is 0. The van der Waals surface area contributed by atoms with Gasteiger partial charge in [-0.05, 0) is 43.0 Å². The van der Waals surface area contributed by atoms with E-state index < -0.39 is 0 Å². The molecule has 0 atom stereocenters. The van der Waals surface area contributed by atoms with Crippen LogP contribution in [0.3, 0.4) is 0 Å². The van der Waals surface area contributed by atoms with E-state index in [1.54, 1.807) is 0 Å². The molecule has 0 N–H and O–H groups in total. The van der Waals surface area contributed by atoms with Crippen LogP contribution < -0.4 is 0 Å². The van der Waals surface area contributed by atoms with Crippen molar-refractivity contribution in [1.29, 1.82) is 0 Å². The molecule has 2 rings (SSSR count). The highest BCUT2D eigenvalue weighted by atomic mass is 14.0. The summed E-state index contributed by atoms with van der Waals surface area (Å²) in [6.45, 7) is 13.8. The molecule has 2 aromatic carbocycles. The largest absolute Gasteiger partial charge is 0.0985 e. The number of rotatable bonds is 2. The van der Waals surface area contributed by atoms with E-state index >= 15 is 0 Å². The molecule has 0 aromatic heterocycles. The summed E-state index contributed by atoms with van der Waals surface area (Å²) in [5.41, 5.74) is 6.41. The van der Waals surface area contributed by atoms with Crippen molar-refractivity contribution in [2.24, 2.45) is 0 Å². The Morgan fingerprint density at radius 3 is 1.68 bits per heavy atom. The third-order valence-electron chi connectivity index (χ3n) is 2.98. The zero-order valence-corrected chi connectivity index (χ0v) is 12.1. The van der Waals surface area contributed by atoms with Crippen molar-refractivity contribution in [2.45, 2.75) is 20.8 Å². The third-order valence-corrected chi connectivity index (χ3v) is 2.98. The Bertz CT molecular complexity index is 525. The highest BCUT2D eigenvalue weighted by Crippen LogP contribution is 2.16. The van der Waals surface area contributed by atoms with Gasteiger partial charge in [-0.2, -0.15) is 0 Å². The second-order valence-corrected chi connectivity index (χ2v) is 4.63. The molecule has 2 aromatic rings. The fourth-order valence-electron chi connectivity index (χ4n) is 2.10. The maximum absolute atomic E-state index is 3.78. The van der Waals surface area contributed by atoms with Crippen LogP contribution in [0.5, 0.6) is 0 Å². The van der Waals surface area contributed by atoms with Crippen LogP contribution in [0.25, 0.3) is 12.2 Å². The minimum atomic E-state index is 1.17. The van der Waals surface area contributed by atoms with E-state index in [2.05, 4.69) is 46.1 Å². The maximum Gasteiger partial charge on any atom is -0.0204 e. The smallest absolute Gasteiger partial charge is 0.0204 e. The van der Waals surface area contributed by atoms with Crippen LogP contribution in [0.4, 0.5) is 0 Å². The van der Waals surface area contributed by atoms with E-state index in [1.165, 1.54) is 27.8 Å². The van der Waals surface area contributed by atoms with Crippen molar-refractivity contribution in [3.05, 3.63) is 83.4 Å². The maximum atomic E-state index is 3.78. The Hall–Kier alpha value is -2.08. The van der Waals surface area contributed by atoms with Crippen molar-refractivity contribution in [2.75, 3.05) is 0 Å². The first-order valence-corrected chi connectivity index (χ1v) is 6.46. The molecule has 0 heterocycles. The molecule has 19 heavy (non-hydrogen) atoms. The molecule has 0 aliphatic rings. The van der Waals surface area contributed by atoms with Crippen LogP contribution in [0.15, 0.2) is 55.6 Å². The van der Waals surface area contributed by atoms with E-state index in [-0.39, 0.29) is 0 Å². The second-order valence-electron chi connectivity index (χ2n) is 4.63. The first kappa shape index (κ1) is 15.0. The van der Waals surface area contributed by atoms with Gasteiger partial charge < -0.3 is 0 Å². The Morgan fingerprint density at radius 2 is 1.32 bits per heavy atom. The molecule has 0 nitrogen and oxygen atoms in total. The van der Waals surface area contributed by atoms with E-state index in [4.69, 9.17) is 0 Å². The minimum absolute atomic E-state index is 1.17. The molecule has 0 saturated heterocycles. The van der Waals surface area contributed by atoms with Gasteiger partial charge in [-0.15, -0.1) is 0 Å². The van der Waals surface area contributed by atoms with Crippen LogP contribution in [-0.4, -0.2) is 0 Å². The topological polar surface area (TPSA) is 0 Å². The first-order valence-electron chi connectivity index (χ1n) is 6.46. The number of benzene rings is 2. The summed E-state index contributed by atoms with van der Waals surface area (Å²) in [5, 5.41) is 0. The average molecular weight is 250 g/mol. The number of hydrogen-bond donors (Lipinski definition) is 0. The van der Waals surface area contributed by atoms with Crippen molar-refractivity contribution in [1.82, 2.24) is 0 Å². The monoisotopic (exact) mass is 250 g/mol. The summed E-state index contributed by atoms with van der Waals surface area (Å²) in [5.74, 6) is 0. The van der Waals surface area contributed by atoms with Gasteiger partial charge in [0.15, 0.2) is 0 Å². The van der Waals surface area contributed by atoms with E-state index in [9.17, 15) is 0 Å².